The molecule has 1 unspecified atom stereocenters. The van der Waals surface area contributed by atoms with Crippen molar-refractivity contribution in [3.63, 3.8) is 0 Å². The van der Waals surface area contributed by atoms with Gasteiger partial charge >= 0.3 is 6.18 Å². The van der Waals surface area contributed by atoms with Gasteiger partial charge in [-0.05, 0) is 25.0 Å². The number of rotatable bonds is 7. The highest BCUT2D eigenvalue weighted by atomic mass is 35.5. The Labute approximate surface area is 183 Å². The molecule has 9 heteroatoms. The number of halogens is 4. The fourth-order valence-electron chi connectivity index (χ4n) is 3.52. The van der Waals surface area contributed by atoms with Gasteiger partial charge in [0.15, 0.2) is 0 Å². The number of nitrogens with zero attached hydrogens (tertiary/aromatic N) is 2. The van der Waals surface area contributed by atoms with Crippen LogP contribution in [0, 0.1) is 6.92 Å². The zero-order valence-corrected chi connectivity index (χ0v) is 17.8. The smallest absolute Gasteiger partial charge is 0.356 e. The van der Waals surface area contributed by atoms with Gasteiger partial charge in [0.05, 0.1) is 16.3 Å². The topological polar surface area (TPSA) is 62.3 Å². The Morgan fingerprint density at radius 2 is 2.00 bits per heavy atom. The Morgan fingerprint density at radius 3 is 2.65 bits per heavy atom. The average Bonchev–Trinajstić information content (AvgIpc) is 3.03. The first-order valence-electron chi connectivity index (χ1n) is 9.97. The number of aromatic nitrogens is 1. The number of benzene rings is 1. The molecule has 1 aliphatic rings. The molecule has 1 N–H and O–H groups in total. The summed E-state index contributed by atoms with van der Waals surface area (Å²) in [5, 5.41) is 2.65. The van der Waals surface area contributed by atoms with E-state index in [0.29, 0.717) is 19.4 Å². The lowest BCUT2D eigenvalue weighted by Gasteiger charge is -2.24. The molecule has 2 aromatic rings. The molecule has 1 atom stereocenters. The van der Waals surface area contributed by atoms with Crippen LogP contribution in [-0.2, 0) is 28.7 Å². The van der Waals surface area contributed by atoms with Crippen molar-refractivity contribution in [2.24, 2.45) is 0 Å². The van der Waals surface area contributed by atoms with Gasteiger partial charge in [-0.25, -0.2) is 0 Å². The number of aryl methyl sites for hydroxylation is 1. The van der Waals surface area contributed by atoms with Crippen molar-refractivity contribution in [2.75, 3.05) is 6.54 Å². The fourth-order valence-corrected chi connectivity index (χ4v) is 3.79. The second-order valence-corrected chi connectivity index (χ2v) is 8.06. The average molecular weight is 454 g/mol. The van der Waals surface area contributed by atoms with Crippen molar-refractivity contribution in [1.82, 2.24) is 15.2 Å². The van der Waals surface area contributed by atoms with Crippen molar-refractivity contribution in [1.29, 1.82) is 0 Å². The predicted octanol–water partition coefficient (Wildman–Crippen LogP) is 4.30. The molecule has 31 heavy (non-hydrogen) atoms. The highest BCUT2D eigenvalue weighted by molar-refractivity contribution is 6.31. The lowest BCUT2D eigenvalue weighted by molar-refractivity contribution is -0.138. The number of amides is 2. The zero-order valence-electron chi connectivity index (χ0n) is 17.0. The number of carbonyl (C=O) groups excluding carboxylic acids is 2. The molecule has 2 heterocycles. The quantitative estimate of drug-likeness (QED) is 0.679. The van der Waals surface area contributed by atoms with E-state index < -0.39 is 11.7 Å². The number of likely N-dealkylation sites (tertiary alicyclic amines) is 1. The summed E-state index contributed by atoms with van der Waals surface area (Å²) in [4.78, 5) is 30.1. The molecule has 1 fully saturated rings. The van der Waals surface area contributed by atoms with Crippen LogP contribution in [0.15, 0.2) is 36.5 Å². The molecule has 5 nitrogen and oxygen atoms in total. The van der Waals surface area contributed by atoms with Crippen LogP contribution in [0.5, 0.6) is 0 Å². The van der Waals surface area contributed by atoms with Gasteiger partial charge in [0.2, 0.25) is 11.8 Å². The first-order chi connectivity index (χ1) is 14.6. The summed E-state index contributed by atoms with van der Waals surface area (Å²) in [6.07, 6.45) is -2.37. The molecular formula is C22H23ClF3N3O2. The summed E-state index contributed by atoms with van der Waals surface area (Å²) in [5.74, 6) is -0.198. The molecule has 0 spiro atoms. The minimum atomic E-state index is -4.51. The number of carbonyl (C=O) groups is 2. The maximum atomic E-state index is 12.7. The third-order valence-electron chi connectivity index (χ3n) is 5.28. The fraction of sp³-hybridized carbons (Fsp3) is 0.409. The molecule has 0 radical (unpaired) electrons. The molecule has 0 saturated carbocycles. The lowest BCUT2D eigenvalue weighted by atomic mass is 10.1. The minimum Gasteiger partial charge on any atom is -0.356 e. The molecular weight excluding hydrogens is 431 g/mol. The summed E-state index contributed by atoms with van der Waals surface area (Å²) >= 11 is 5.89. The number of hydrogen-bond acceptors (Lipinski definition) is 3. The Balaban J connectivity index is 1.50. The van der Waals surface area contributed by atoms with Gasteiger partial charge in [0, 0.05) is 44.6 Å². The summed E-state index contributed by atoms with van der Waals surface area (Å²) in [5.41, 5.74) is 1.52. The van der Waals surface area contributed by atoms with E-state index >= 15 is 0 Å². The lowest BCUT2D eigenvalue weighted by Crippen LogP contribution is -2.37. The second-order valence-electron chi connectivity index (χ2n) is 7.65. The van der Waals surface area contributed by atoms with Crippen molar-refractivity contribution in [3.8, 4) is 0 Å². The van der Waals surface area contributed by atoms with E-state index in [0.717, 1.165) is 23.4 Å². The standard InChI is InChI=1S/C22H23ClF3N3O2/c1-14-2-4-15(5-3-14)13-29-17(6-7-21(29)31)11-20(30)27-9-8-19-18(23)10-16(12-28-19)22(24,25)26/h2-5,10,12,17H,6-9,11,13H2,1H3,(H,27,30). The third-order valence-corrected chi connectivity index (χ3v) is 5.60. The third kappa shape index (κ3) is 6.19. The molecule has 1 aliphatic heterocycles. The predicted molar refractivity (Wildman–Crippen MR) is 110 cm³/mol. The van der Waals surface area contributed by atoms with Crippen LogP contribution in [0.25, 0.3) is 0 Å². The molecule has 3 rings (SSSR count). The first-order valence-corrected chi connectivity index (χ1v) is 10.3. The van der Waals surface area contributed by atoms with Crippen molar-refractivity contribution in [3.05, 3.63) is 63.9 Å². The van der Waals surface area contributed by atoms with Gasteiger partial charge in [0.1, 0.15) is 0 Å². The number of alkyl halides is 3. The summed E-state index contributed by atoms with van der Waals surface area (Å²) < 4.78 is 38.0. The Bertz CT molecular complexity index is 948. The number of pyridine rings is 1. The van der Waals surface area contributed by atoms with Crippen molar-refractivity contribution >= 4 is 23.4 Å². The molecule has 1 aromatic carbocycles. The van der Waals surface area contributed by atoms with Crippen LogP contribution in [0.4, 0.5) is 13.2 Å². The van der Waals surface area contributed by atoms with E-state index in [-0.39, 0.29) is 48.0 Å². The van der Waals surface area contributed by atoms with Crippen LogP contribution in [0.1, 0.15) is 41.6 Å². The Morgan fingerprint density at radius 1 is 1.29 bits per heavy atom. The largest absolute Gasteiger partial charge is 0.417 e. The first kappa shape index (κ1) is 23.1. The zero-order chi connectivity index (χ0) is 22.6. The van der Waals surface area contributed by atoms with Crippen LogP contribution in [-0.4, -0.2) is 34.3 Å². The molecule has 1 aromatic heterocycles. The Kier molecular flexibility index (Phi) is 7.20. The van der Waals surface area contributed by atoms with Crippen LogP contribution in [0.2, 0.25) is 5.02 Å². The van der Waals surface area contributed by atoms with Gasteiger partial charge < -0.3 is 10.2 Å². The maximum absolute atomic E-state index is 12.7. The highest BCUT2D eigenvalue weighted by Crippen LogP contribution is 2.31. The van der Waals surface area contributed by atoms with E-state index in [1.54, 1.807) is 4.90 Å². The Hall–Kier alpha value is -2.61. The van der Waals surface area contributed by atoms with Crippen molar-refractivity contribution < 1.29 is 22.8 Å². The summed E-state index contributed by atoms with van der Waals surface area (Å²) in [7, 11) is 0. The molecule has 166 valence electrons. The normalized spacial score (nSPS) is 16.6. The van der Waals surface area contributed by atoms with Crippen LogP contribution >= 0.6 is 11.6 Å². The van der Waals surface area contributed by atoms with E-state index in [1.165, 1.54) is 0 Å². The van der Waals surface area contributed by atoms with Gasteiger partial charge in [-0.3, -0.25) is 14.6 Å². The molecule has 2 amide bonds. The van der Waals surface area contributed by atoms with Crippen molar-refractivity contribution in [2.45, 2.75) is 51.4 Å². The van der Waals surface area contributed by atoms with E-state index in [1.807, 2.05) is 31.2 Å². The summed E-state index contributed by atoms with van der Waals surface area (Å²) in [6, 6.07) is 8.56. The maximum Gasteiger partial charge on any atom is 0.417 e. The molecule has 0 aliphatic carbocycles. The minimum absolute atomic E-state index is 0.0270. The monoisotopic (exact) mass is 453 g/mol. The molecule has 0 bridgehead atoms. The van der Waals surface area contributed by atoms with Gasteiger partial charge in [-0.2, -0.15) is 13.2 Å². The van der Waals surface area contributed by atoms with Crippen LogP contribution in [0.3, 0.4) is 0 Å². The number of nitrogens with one attached hydrogen (secondary N) is 1. The van der Waals surface area contributed by atoms with E-state index in [2.05, 4.69) is 10.3 Å². The number of hydrogen-bond donors (Lipinski definition) is 1. The summed E-state index contributed by atoms with van der Waals surface area (Å²) in [6.45, 7) is 2.64. The van der Waals surface area contributed by atoms with Gasteiger partial charge in [-0.1, -0.05) is 41.4 Å². The highest BCUT2D eigenvalue weighted by Gasteiger charge is 2.33. The van der Waals surface area contributed by atoms with E-state index in [9.17, 15) is 22.8 Å². The van der Waals surface area contributed by atoms with Gasteiger partial charge in [-0.15, -0.1) is 0 Å². The van der Waals surface area contributed by atoms with Crippen LogP contribution < -0.4 is 5.32 Å². The molecule has 1 saturated heterocycles. The van der Waals surface area contributed by atoms with Gasteiger partial charge in [0.25, 0.3) is 0 Å². The SMILES string of the molecule is Cc1ccc(CN2C(=O)CCC2CC(=O)NCCc2ncc(C(F)(F)F)cc2Cl)cc1. The van der Waals surface area contributed by atoms with E-state index in [4.69, 9.17) is 11.6 Å². The second kappa shape index (κ2) is 9.68.